The smallest absolute Gasteiger partial charge is 0.345 e. The third kappa shape index (κ3) is 4.15. The van der Waals surface area contributed by atoms with Crippen LogP contribution in [-0.4, -0.2) is 47.7 Å². The van der Waals surface area contributed by atoms with Crippen molar-refractivity contribution in [2.45, 2.75) is 64.1 Å². The lowest BCUT2D eigenvalue weighted by atomic mass is 9.77. The fourth-order valence-electron chi connectivity index (χ4n) is 3.48. The minimum absolute atomic E-state index is 0.0380. The molecule has 0 spiro atoms. The van der Waals surface area contributed by atoms with Crippen LogP contribution in [0.2, 0.25) is 0 Å². The molecule has 0 bridgehead atoms. The number of aliphatic carboxylic acids is 1. The molecule has 0 aromatic carbocycles. The SMILES string of the molecule is O=C(CC1(C(=O)O)CCCCCC1)N1CC[C@H](OC(F)F)C1. The minimum atomic E-state index is -2.84. The van der Waals surface area contributed by atoms with Crippen LogP contribution in [0.3, 0.4) is 0 Å². The van der Waals surface area contributed by atoms with Crippen LogP contribution in [0.1, 0.15) is 51.4 Å². The van der Waals surface area contributed by atoms with Gasteiger partial charge in [-0.2, -0.15) is 8.78 Å². The molecule has 2 aliphatic rings. The molecule has 0 aromatic heterocycles. The molecule has 1 amide bonds. The van der Waals surface area contributed by atoms with Gasteiger partial charge < -0.3 is 14.7 Å². The van der Waals surface area contributed by atoms with E-state index in [-0.39, 0.29) is 18.9 Å². The monoisotopic (exact) mass is 319 g/mol. The van der Waals surface area contributed by atoms with E-state index in [1.165, 1.54) is 4.90 Å². The number of nitrogens with zero attached hydrogens (tertiary/aromatic N) is 1. The topological polar surface area (TPSA) is 66.8 Å². The van der Waals surface area contributed by atoms with Crippen molar-refractivity contribution in [1.82, 2.24) is 4.90 Å². The van der Waals surface area contributed by atoms with Crippen molar-refractivity contribution < 1.29 is 28.2 Å². The summed E-state index contributed by atoms with van der Waals surface area (Å²) in [4.78, 5) is 25.5. The zero-order chi connectivity index (χ0) is 16.2. The minimum Gasteiger partial charge on any atom is -0.481 e. The van der Waals surface area contributed by atoms with E-state index in [2.05, 4.69) is 4.74 Å². The first-order valence-corrected chi connectivity index (χ1v) is 7.88. The lowest BCUT2D eigenvalue weighted by Crippen LogP contribution is -2.39. The van der Waals surface area contributed by atoms with E-state index in [9.17, 15) is 23.5 Å². The Kier molecular flexibility index (Phi) is 5.72. The zero-order valence-electron chi connectivity index (χ0n) is 12.6. The molecule has 2 fully saturated rings. The average molecular weight is 319 g/mol. The fraction of sp³-hybridized carbons (Fsp3) is 0.867. The number of ether oxygens (including phenoxy) is 1. The highest BCUT2D eigenvalue weighted by atomic mass is 19.3. The van der Waals surface area contributed by atoms with Gasteiger partial charge in [0.05, 0.1) is 11.5 Å². The van der Waals surface area contributed by atoms with E-state index in [4.69, 9.17) is 0 Å². The quantitative estimate of drug-likeness (QED) is 0.791. The molecule has 22 heavy (non-hydrogen) atoms. The van der Waals surface area contributed by atoms with Crippen molar-refractivity contribution >= 4 is 11.9 Å². The van der Waals surface area contributed by atoms with Gasteiger partial charge in [0.25, 0.3) is 0 Å². The lowest BCUT2D eigenvalue weighted by molar-refractivity contribution is -0.161. The molecule has 7 heteroatoms. The zero-order valence-corrected chi connectivity index (χ0v) is 12.6. The summed E-state index contributed by atoms with van der Waals surface area (Å²) in [6, 6.07) is 0. The largest absolute Gasteiger partial charge is 0.481 e. The standard InChI is InChI=1S/C15H23F2NO4/c16-14(17)22-11-5-8-18(10-11)12(19)9-15(13(20)21)6-3-1-2-4-7-15/h11,14H,1-10H2,(H,20,21)/t11-/m0/s1. The van der Waals surface area contributed by atoms with Crippen LogP contribution in [0.4, 0.5) is 8.78 Å². The summed E-state index contributed by atoms with van der Waals surface area (Å²) < 4.78 is 28.8. The number of carbonyl (C=O) groups excluding carboxylic acids is 1. The Hall–Kier alpha value is -1.24. The highest BCUT2D eigenvalue weighted by molar-refractivity contribution is 5.85. The van der Waals surface area contributed by atoms with E-state index in [0.717, 1.165) is 25.7 Å². The maximum Gasteiger partial charge on any atom is 0.345 e. The number of hydrogen-bond donors (Lipinski definition) is 1. The third-order valence-electron chi connectivity index (χ3n) is 4.80. The fourth-order valence-corrected chi connectivity index (χ4v) is 3.48. The van der Waals surface area contributed by atoms with Gasteiger partial charge in [0.1, 0.15) is 0 Å². The van der Waals surface area contributed by atoms with E-state index in [1.807, 2.05) is 0 Å². The Bertz CT molecular complexity index is 408. The highest BCUT2D eigenvalue weighted by Crippen LogP contribution is 2.39. The number of amides is 1. The number of likely N-dealkylation sites (tertiary alicyclic amines) is 1. The van der Waals surface area contributed by atoms with Gasteiger partial charge in [0.2, 0.25) is 5.91 Å². The molecule has 1 aliphatic carbocycles. The van der Waals surface area contributed by atoms with Crippen molar-refractivity contribution in [2.75, 3.05) is 13.1 Å². The maximum absolute atomic E-state index is 12.4. The first-order chi connectivity index (χ1) is 10.4. The van der Waals surface area contributed by atoms with Crippen LogP contribution >= 0.6 is 0 Å². The van der Waals surface area contributed by atoms with Crippen LogP contribution < -0.4 is 0 Å². The molecular formula is C15H23F2NO4. The highest BCUT2D eigenvalue weighted by Gasteiger charge is 2.42. The van der Waals surface area contributed by atoms with Crippen molar-refractivity contribution in [2.24, 2.45) is 5.41 Å². The Labute approximate surface area is 128 Å². The molecule has 1 saturated heterocycles. The number of halogens is 2. The normalized spacial score (nSPS) is 25.2. The average Bonchev–Trinajstić information content (AvgIpc) is 2.76. The Balaban J connectivity index is 1.95. The van der Waals surface area contributed by atoms with Crippen LogP contribution in [0, 0.1) is 5.41 Å². The summed E-state index contributed by atoms with van der Waals surface area (Å²) in [6.45, 7) is -2.36. The molecule has 1 saturated carbocycles. The second-order valence-corrected chi connectivity index (χ2v) is 6.32. The van der Waals surface area contributed by atoms with Crippen LogP contribution in [-0.2, 0) is 14.3 Å². The third-order valence-corrected chi connectivity index (χ3v) is 4.80. The predicted molar refractivity (Wildman–Crippen MR) is 74.5 cm³/mol. The van der Waals surface area contributed by atoms with Crippen LogP contribution in [0.25, 0.3) is 0 Å². The Morgan fingerprint density at radius 3 is 2.41 bits per heavy atom. The molecule has 0 unspecified atom stereocenters. The molecule has 1 N–H and O–H groups in total. The van der Waals surface area contributed by atoms with Gasteiger partial charge in [-0.3, -0.25) is 9.59 Å². The van der Waals surface area contributed by atoms with Gasteiger partial charge in [0.15, 0.2) is 0 Å². The van der Waals surface area contributed by atoms with Crippen molar-refractivity contribution in [1.29, 1.82) is 0 Å². The van der Waals surface area contributed by atoms with E-state index in [0.29, 0.717) is 25.8 Å². The summed E-state index contributed by atoms with van der Waals surface area (Å²) in [6.07, 6.45) is 4.33. The number of rotatable bonds is 5. The molecule has 1 aliphatic heterocycles. The van der Waals surface area contributed by atoms with E-state index >= 15 is 0 Å². The molecule has 0 aromatic rings. The summed E-state index contributed by atoms with van der Waals surface area (Å²) >= 11 is 0. The van der Waals surface area contributed by atoms with Gasteiger partial charge in [-0.15, -0.1) is 0 Å². The number of carboxylic acid groups (broad SMARTS) is 1. The van der Waals surface area contributed by atoms with Crippen LogP contribution in [0.15, 0.2) is 0 Å². The Morgan fingerprint density at radius 1 is 1.23 bits per heavy atom. The molecule has 1 atom stereocenters. The second kappa shape index (κ2) is 7.35. The molecule has 2 rings (SSSR count). The van der Waals surface area contributed by atoms with Crippen molar-refractivity contribution in [3.63, 3.8) is 0 Å². The van der Waals surface area contributed by atoms with Crippen LogP contribution in [0.5, 0.6) is 0 Å². The summed E-state index contributed by atoms with van der Waals surface area (Å²) in [7, 11) is 0. The first-order valence-electron chi connectivity index (χ1n) is 7.88. The summed E-state index contributed by atoms with van der Waals surface area (Å²) in [5.74, 6) is -1.17. The number of carboxylic acids is 1. The number of carbonyl (C=O) groups is 2. The molecule has 126 valence electrons. The van der Waals surface area contributed by atoms with Gasteiger partial charge in [-0.05, 0) is 19.3 Å². The van der Waals surface area contributed by atoms with Gasteiger partial charge in [0, 0.05) is 19.5 Å². The number of alkyl halides is 2. The lowest BCUT2D eigenvalue weighted by Gasteiger charge is -2.29. The first kappa shape index (κ1) is 17.1. The maximum atomic E-state index is 12.4. The van der Waals surface area contributed by atoms with Gasteiger partial charge in [-0.25, -0.2) is 0 Å². The Morgan fingerprint density at radius 2 is 1.86 bits per heavy atom. The van der Waals surface area contributed by atoms with Gasteiger partial charge in [-0.1, -0.05) is 25.7 Å². The molecule has 5 nitrogen and oxygen atoms in total. The molecular weight excluding hydrogens is 296 g/mol. The van der Waals surface area contributed by atoms with E-state index in [1.54, 1.807) is 0 Å². The summed E-state index contributed by atoms with van der Waals surface area (Å²) in [5, 5.41) is 9.58. The van der Waals surface area contributed by atoms with Gasteiger partial charge >= 0.3 is 12.6 Å². The second-order valence-electron chi connectivity index (χ2n) is 6.32. The summed E-state index contributed by atoms with van der Waals surface area (Å²) in [5.41, 5.74) is -0.991. The van der Waals surface area contributed by atoms with Crippen molar-refractivity contribution in [3.05, 3.63) is 0 Å². The molecule has 0 radical (unpaired) electrons. The molecule has 1 heterocycles. The van der Waals surface area contributed by atoms with Crippen molar-refractivity contribution in [3.8, 4) is 0 Å². The van der Waals surface area contributed by atoms with E-state index < -0.39 is 24.1 Å². The number of hydrogen-bond acceptors (Lipinski definition) is 3. The predicted octanol–water partition coefficient (Wildman–Crippen LogP) is 2.64.